The zero-order valence-electron chi connectivity index (χ0n) is 8.93. The Morgan fingerprint density at radius 1 is 1.47 bits per heavy atom. The number of rotatable bonds is 2. The van der Waals surface area contributed by atoms with E-state index in [1.807, 2.05) is 12.1 Å². The van der Waals surface area contributed by atoms with Crippen molar-refractivity contribution >= 4 is 27.5 Å². The molecule has 0 spiro atoms. The van der Waals surface area contributed by atoms with Crippen molar-refractivity contribution in [2.24, 2.45) is 0 Å². The second-order valence-electron chi connectivity index (χ2n) is 4.09. The Balaban J connectivity index is 2.40. The van der Waals surface area contributed by atoms with Crippen LogP contribution in [0.5, 0.6) is 0 Å². The van der Waals surface area contributed by atoms with E-state index in [0.29, 0.717) is 5.92 Å². The number of nitrogens with one attached hydrogen (secondary N) is 1. The fourth-order valence-corrected chi connectivity index (χ4v) is 2.65. The van der Waals surface area contributed by atoms with Crippen molar-refractivity contribution in [3.05, 3.63) is 27.7 Å². The molecular weight excluding hydrogens is 254 g/mol. The molecule has 1 aromatic rings. The van der Waals surface area contributed by atoms with Crippen LogP contribution >= 0.6 is 15.9 Å². The van der Waals surface area contributed by atoms with E-state index >= 15 is 0 Å². The van der Waals surface area contributed by atoms with Gasteiger partial charge in [-0.3, -0.25) is 4.79 Å². The molecule has 1 aromatic carbocycles. The molecule has 80 valence electrons. The monoisotopic (exact) mass is 267 g/mol. The lowest BCUT2D eigenvalue weighted by Gasteiger charge is -2.13. The highest BCUT2D eigenvalue weighted by molar-refractivity contribution is 9.10. The molecule has 1 saturated carbocycles. The minimum atomic E-state index is -0.0119. The van der Waals surface area contributed by atoms with Crippen molar-refractivity contribution in [3.63, 3.8) is 0 Å². The summed E-state index contributed by atoms with van der Waals surface area (Å²) in [5, 5.41) is 2.86. The van der Waals surface area contributed by atoms with E-state index in [4.69, 9.17) is 0 Å². The van der Waals surface area contributed by atoms with Gasteiger partial charge in [-0.1, -0.05) is 15.9 Å². The van der Waals surface area contributed by atoms with Gasteiger partial charge < -0.3 is 5.32 Å². The number of carbonyl (C=O) groups is 1. The van der Waals surface area contributed by atoms with Gasteiger partial charge in [0.1, 0.15) is 0 Å². The first-order chi connectivity index (χ1) is 7.09. The summed E-state index contributed by atoms with van der Waals surface area (Å²) in [5.74, 6) is 0.676. The molecule has 2 nitrogen and oxygen atoms in total. The fraction of sp³-hybridized carbons (Fsp3) is 0.417. The van der Waals surface area contributed by atoms with Crippen LogP contribution in [0, 0.1) is 6.92 Å². The third kappa shape index (κ3) is 2.23. The van der Waals surface area contributed by atoms with Crippen molar-refractivity contribution < 1.29 is 4.79 Å². The molecule has 0 radical (unpaired) electrons. The minimum absolute atomic E-state index is 0.0119. The van der Waals surface area contributed by atoms with Crippen LogP contribution in [0.15, 0.2) is 16.6 Å². The van der Waals surface area contributed by atoms with E-state index in [1.165, 1.54) is 30.9 Å². The summed E-state index contributed by atoms with van der Waals surface area (Å²) in [6.07, 6.45) is 2.53. The van der Waals surface area contributed by atoms with Gasteiger partial charge in [-0.15, -0.1) is 0 Å². The molecule has 15 heavy (non-hydrogen) atoms. The van der Waals surface area contributed by atoms with Crippen molar-refractivity contribution in [2.75, 3.05) is 5.32 Å². The predicted molar refractivity (Wildman–Crippen MR) is 65.2 cm³/mol. The average Bonchev–Trinajstić information content (AvgIpc) is 2.94. The SMILES string of the molecule is CC(=O)Nc1ccc(Br)c(C2CC2)c1C. The van der Waals surface area contributed by atoms with Crippen molar-refractivity contribution in [1.29, 1.82) is 0 Å². The Bertz CT molecular complexity index is 410. The van der Waals surface area contributed by atoms with Crippen LogP contribution in [0.4, 0.5) is 5.69 Å². The highest BCUT2D eigenvalue weighted by Gasteiger charge is 2.28. The van der Waals surface area contributed by atoms with Crippen LogP contribution in [-0.2, 0) is 4.79 Å². The molecule has 0 aliphatic heterocycles. The molecule has 0 atom stereocenters. The van der Waals surface area contributed by atoms with Crippen LogP contribution in [0.25, 0.3) is 0 Å². The third-order valence-electron chi connectivity index (χ3n) is 2.76. The summed E-state index contributed by atoms with van der Waals surface area (Å²) in [7, 11) is 0. The Hall–Kier alpha value is -0.830. The van der Waals surface area contributed by atoms with Gasteiger partial charge in [-0.2, -0.15) is 0 Å². The van der Waals surface area contributed by atoms with E-state index in [0.717, 1.165) is 10.2 Å². The largest absolute Gasteiger partial charge is 0.326 e. The molecular formula is C12H14BrNO. The van der Waals surface area contributed by atoms with E-state index in [-0.39, 0.29) is 5.91 Å². The highest BCUT2D eigenvalue weighted by atomic mass is 79.9. The summed E-state index contributed by atoms with van der Waals surface area (Å²) in [6.45, 7) is 3.61. The quantitative estimate of drug-likeness (QED) is 0.872. The van der Waals surface area contributed by atoms with Gasteiger partial charge in [0.25, 0.3) is 0 Å². The first-order valence-corrected chi connectivity index (χ1v) is 5.95. The molecule has 0 bridgehead atoms. The zero-order chi connectivity index (χ0) is 11.0. The normalized spacial score (nSPS) is 15.1. The van der Waals surface area contributed by atoms with Gasteiger partial charge in [0.15, 0.2) is 0 Å². The van der Waals surface area contributed by atoms with Crippen LogP contribution < -0.4 is 5.32 Å². The molecule has 1 amide bonds. The number of anilines is 1. The van der Waals surface area contributed by atoms with Gasteiger partial charge in [0.2, 0.25) is 5.91 Å². The maximum absolute atomic E-state index is 11.0. The van der Waals surface area contributed by atoms with Crippen molar-refractivity contribution in [3.8, 4) is 0 Å². The zero-order valence-corrected chi connectivity index (χ0v) is 10.5. The van der Waals surface area contributed by atoms with Crippen LogP contribution in [0.1, 0.15) is 36.8 Å². The minimum Gasteiger partial charge on any atom is -0.326 e. The summed E-state index contributed by atoms with van der Waals surface area (Å²) in [5.41, 5.74) is 3.50. The molecule has 0 saturated heterocycles. The molecule has 1 fully saturated rings. The Kier molecular flexibility index (Phi) is 2.83. The maximum Gasteiger partial charge on any atom is 0.221 e. The van der Waals surface area contributed by atoms with Crippen LogP contribution in [-0.4, -0.2) is 5.91 Å². The molecule has 3 heteroatoms. The van der Waals surface area contributed by atoms with Crippen molar-refractivity contribution in [1.82, 2.24) is 0 Å². The first-order valence-electron chi connectivity index (χ1n) is 5.16. The topological polar surface area (TPSA) is 29.1 Å². The van der Waals surface area contributed by atoms with E-state index in [1.54, 1.807) is 0 Å². The van der Waals surface area contributed by atoms with E-state index < -0.39 is 0 Å². The van der Waals surface area contributed by atoms with Crippen molar-refractivity contribution in [2.45, 2.75) is 32.6 Å². The van der Waals surface area contributed by atoms with Gasteiger partial charge in [-0.05, 0) is 48.9 Å². The van der Waals surface area contributed by atoms with Gasteiger partial charge in [0.05, 0.1) is 0 Å². The summed E-state index contributed by atoms with van der Waals surface area (Å²) in [6, 6.07) is 3.97. The first kappa shape index (κ1) is 10.7. The molecule has 0 aromatic heterocycles. The molecule has 1 aliphatic carbocycles. The summed E-state index contributed by atoms with van der Waals surface area (Å²) < 4.78 is 1.16. The number of hydrogen-bond acceptors (Lipinski definition) is 1. The Labute approximate surface area is 98.2 Å². The number of halogens is 1. The standard InChI is InChI=1S/C12H14BrNO/c1-7-11(14-8(2)15)6-5-10(13)12(7)9-3-4-9/h5-6,9H,3-4H2,1-2H3,(H,14,15). The molecule has 1 aliphatic rings. The lowest BCUT2D eigenvalue weighted by Crippen LogP contribution is -2.08. The fourth-order valence-electron chi connectivity index (χ4n) is 1.89. The number of carbonyl (C=O) groups excluding carboxylic acids is 1. The van der Waals surface area contributed by atoms with Crippen LogP contribution in [0.3, 0.4) is 0 Å². The molecule has 1 N–H and O–H groups in total. The van der Waals surface area contributed by atoms with Crippen LogP contribution in [0.2, 0.25) is 0 Å². The average molecular weight is 268 g/mol. The number of benzene rings is 1. The lowest BCUT2D eigenvalue weighted by atomic mass is 10.0. The molecule has 2 rings (SSSR count). The Morgan fingerprint density at radius 2 is 2.13 bits per heavy atom. The number of amides is 1. The summed E-state index contributed by atoms with van der Waals surface area (Å²) in [4.78, 5) is 11.0. The second-order valence-corrected chi connectivity index (χ2v) is 4.94. The smallest absolute Gasteiger partial charge is 0.221 e. The highest BCUT2D eigenvalue weighted by Crippen LogP contribution is 2.46. The van der Waals surface area contributed by atoms with E-state index in [9.17, 15) is 4.79 Å². The van der Waals surface area contributed by atoms with Gasteiger partial charge in [-0.25, -0.2) is 0 Å². The molecule has 0 unspecified atom stereocenters. The predicted octanol–water partition coefficient (Wildman–Crippen LogP) is 3.59. The van der Waals surface area contributed by atoms with E-state index in [2.05, 4.69) is 28.2 Å². The molecule has 0 heterocycles. The Morgan fingerprint density at radius 3 is 2.67 bits per heavy atom. The second kappa shape index (κ2) is 3.97. The van der Waals surface area contributed by atoms with Gasteiger partial charge >= 0.3 is 0 Å². The third-order valence-corrected chi connectivity index (χ3v) is 3.45. The van der Waals surface area contributed by atoms with Gasteiger partial charge in [0, 0.05) is 17.1 Å². The lowest BCUT2D eigenvalue weighted by molar-refractivity contribution is -0.114. The maximum atomic E-state index is 11.0. The number of hydrogen-bond donors (Lipinski definition) is 1. The summed E-state index contributed by atoms with van der Waals surface area (Å²) >= 11 is 3.58.